The average molecular weight is 306 g/mol. The average Bonchev–Trinajstić information content (AvgIpc) is 3.23. The van der Waals surface area contributed by atoms with Crippen LogP contribution in [0.15, 0.2) is 18.2 Å². The summed E-state index contributed by atoms with van der Waals surface area (Å²) in [5.74, 6) is 4.47. The molecular weight excluding hydrogens is 288 g/mol. The number of alkyl halides is 3. The fraction of sp³-hybridized carbons (Fsp3) is 0.571. The minimum atomic E-state index is -4.74. The summed E-state index contributed by atoms with van der Waals surface area (Å²) in [6.45, 7) is 2.25. The highest BCUT2D eigenvalue weighted by molar-refractivity contribution is 5.30. The minimum Gasteiger partial charge on any atom is -0.376 e. The number of halogens is 4. The molecule has 2 unspecified atom stereocenters. The fourth-order valence-electron chi connectivity index (χ4n) is 2.46. The predicted molar refractivity (Wildman–Crippen MR) is 69.6 cm³/mol. The van der Waals surface area contributed by atoms with Crippen molar-refractivity contribution in [2.24, 2.45) is 11.8 Å². The Hall–Kier alpha value is -1.18. The molecule has 0 heterocycles. The third-order valence-electron chi connectivity index (χ3n) is 3.61. The first-order valence-electron chi connectivity index (χ1n) is 6.82. The van der Waals surface area contributed by atoms with Crippen LogP contribution in [0.4, 0.5) is 17.6 Å². The first-order chi connectivity index (χ1) is 9.88. The van der Waals surface area contributed by atoms with Gasteiger partial charge in [-0.1, -0.05) is 6.07 Å². The molecule has 1 aliphatic rings. The van der Waals surface area contributed by atoms with Crippen molar-refractivity contribution in [3.05, 3.63) is 35.1 Å². The fourth-order valence-corrected chi connectivity index (χ4v) is 2.46. The second-order valence-corrected chi connectivity index (χ2v) is 5.14. The molecule has 1 fully saturated rings. The van der Waals surface area contributed by atoms with Gasteiger partial charge in [0, 0.05) is 6.61 Å². The topological polar surface area (TPSA) is 47.3 Å². The lowest BCUT2D eigenvalue weighted by atomic mass is 9.96. The van der Waals surface area contributed by atoms with E-state index in [1.807, 2.05) is 6.92 Å². The molecule has 0 aromatic heterocycles. The normalized spacial score (nSPS) is 18.6. The highest BCUT2D eigenvalue weighted by Crippen LogP contribution is 2.41. The van der Waals surface area contributed by atoms with Crippen LogP contribution in [-0.4, -0.2) is 12.7 Å². The Morgan fingerprint density at radius 1 is 1.38 bits per heavy atom. The van der Waals surface area contributed by atoms with Gasteiger partial charge in [0.05, 0.1) is 17.7 Å². The van der Waals surface area contributed by atoms with Crippen LogP contribution in [0, 0.1) is 11.7 Å². The van der Waals surface area contributed by atoms with E-state index in [0.717, 1.165) is 25.0 Å². The number of nitrogens with one attached hydrogen (secondary N) is 1. The van der Waals surface area contributed by atoms with Gasteiger partial charge in [-0.25, -0.2) is 4.39 Å². The van der Waals surface area contributed by atoms with E-state index in [-0.39, 0.29) is 17.6 Å². The summed E-state index contributed by atoms with van der Waals surface area (Å²) >= 11 is 0. The van der Waals surface area contributed by atoms with Gasteiger partial charge < -0.3 is 4.74 Å². The van der Waals surface area contributed by atoms with E-state index in [4.69, 9.17) is 10.6 Å². The van der Waals surface area contributed by atoms with E-state index < -0.39 is 23.6 Å². The zero-order chi connectivity index (χ0) is 15.6. The van der Waals surface area contributed by atoms with Crippen molar-refractivity contribution >= 4 is 0 Å². The number of ether oxygens (including phenoxy) is 1. The molecule has 7 heteroatoms. The lowest BCUT2D eigenvalue weighted by Crippen LogP contribution is -2.39. The molecule has 0 aliphatic heterocycles. The van der Waals surface area contributed by atoms with Gasteiger partial charge in [-0.3, -0.25) is 11.3 Å². The molecular formula is C14H18F4N2O. The third kappa shape index (κ3) is 3.72. The Kier molecular flexibility index (Phi) is 4.85. The van der Waals surface area contributed by atoms with E-state index in [1.54, 1.807) is 0 Å². The van der Waals surface area contributed by atoms with Crippen LogP contribution in [0.3, 0.4) is 0 Å². The highest BCUT2D eigenvalue weighted by Gasteiger charge is 2.39. The Bertz CT molecular complexity index is 488. The molecule has 2 atom stereocenters. The van der Waals surface area contributed by atoms with Gasteiger partial charge in [-0.2, -0.15) is 13.2 Å². The Morgan fingerprint density at radius 3 is 2.52 bits per heavy atom. The first kappa shape index (κ1) is 16.2. The summed E-state index contributed by atoms with van der Waals surface area (Å²) < 4.78 is 57.3. The summed E-state index contributed by atoms with van der Waals surface area (Å²) in [7, 11) is 0. The van der Waals surface area contributed by atoms with Crippen LogP contribution in [-0.2, 0) is 10.9 Å². The number of benzene rings is 1. The molecule has 118 valence electrons. The van der Waals surface area contributed by atoms with E-state index in [1.165, 1.54) is 6.07 Å². The van der Waals surface area contributed by atoms with Crippen molar-refractivity contribution in [1.29, 1.82) is 0 Å². The minimum absolute atomic E-state index is 0.269. The zero-order valence-electron chi connectivity index (χ0n) is 11.6. The maximum absolute atomic E-state index is 13.4. The molecule has 21 heavy (non-hydrogen) atoms. The van der Waals surface area contributed by atoms with Gasteiger partial charge in [-0.05, 0) is 43.4 Å². The summed E-state index contributed by atoms with van der Waals surface area (Å²) in [5, 5.41) is 0. The molecule has 0 amide bonds. The molecule has 1 aliphatic carbocycles. The van der Waals surface area contributed by atoms with Gasteiger partial charge >= 0.3 is 6.18 Å². The molecule has 3 N–H and O–H groups in total. The van der Waals surface area contributed by atoms with Crippen molar-refractivity contribution in [2.45, 2.75) is 38.1 Å². The van der Waals surface area contributed by atoms with Gasteiger partial charge in [-0.15, -0.1) is 0 Å². The first-order valence-corrected chi connectivity index (χ1v) is 6.82. The second kappa shape index (κ2) is 6.29. The number of nitrogens with two attached hydrogens (primary N) is 1. The number of rotatable bonds is 6. The van der Waals surface area contributed by atoms with E-state index in [2.05, 4.69) is 5.43 Å². The van der Waals surface area contributed by atoms with Crippen molar-refractivity contribution in [3.8, 4) is 0 Å². The Labute approximate surface area is 120 Å². The molecule has 0 saturated heterocycles. The highest BCUT2D eigenvalue weighted by atomic mass is 19.4. The van der Waals surface area contributed by atoms with Crippen molar-refractivity contribution in [3.63, 3.8) is 0 Å². The monoisotopic (exact) mass is 306 g/mol. The molecule has 0 bridgehead atoms. The number of hydrogen-bond acceptors (Lipinski definition) is 3. The quantitative estimate of drug-likeness (QED) is 0.482. The van der Waals surface area contributed by atoms with Crippen molar-refractivity contribution in [1.82, 2.24) is 5.43 Å². The van der Waals surface area contributed by atoms with Crippen LogP contribution in [0.1, 0.15) is 36.9 Å². The smallest absolute Gasteiger partial charge is 0.376 e. The predicted octanol–water partition coefficient (Wildman–Crippen LogP) is 3.16. The zero-order valence-corrected chi connectivity index (χ0v) is 11.6. The SMILES string of the molecule is CCOC(C1CC1)C(NN)c1ccc(F)c(C(F)(F)F)c1. The van der Waals surface area contributed by atoms with Crippen molar-refractivity contribution < 1.29 is 22.3 Å². The number of hydrogen-bond donors (Lipinski definition) is 2. The van der Waals surface area contributed by atoms with E-state index >= 15 is 0 Å². The summed E-state index contributed by atoms with van der Waals surface area (Å²) in [4.78, 5) is 0. The molecule has 1 saturated carbocycles. The van der Waals surface area contributed by atoms with Gasteiger partial charge in [0.1, 0.15) is 5.82 Å². The molecule has 0 radical (unpaired) electrons. The van der Waals surface area contributed by atoms with Crippen LogP contribution in [0.5, 0.6) is 0 Å². The molecule has 1 aromatic rings. The maximum atomic E-state index is 13.4. The second-order valence-electron chi connectivity index (χ2n) is 5.14. The summed E-state index contributed by atoms with van der Waals surface area (Å²) in [6, 6.07) is 2.33. The van der Waals surface area contributed by atoms with Gasteiger partial charge in [0.25, 0.3) is 0 Å². The largest absolute Gasteiger partial charge is 0.419 e. The maximum Gasteiger partial charge on any atom is 0.419 e. The summed E-state index contributed by atoms with van der Waals surface area (Å²) in [6.07, 6.45) is -3.14. The lowest BCUT2D eigenvalue weighted by molar-refractivity contribution is -0.140. The Morgan fingerprint density at radius 2 is 2.05 bits per heavy atom. The van der Waals surface area contributed by atoms with E-state index in [9.17, 15) is 17.6 Å². The van der Waals surface area contributed by atoms with Crippen molar-refractivity contribution in [2.75, 3.05) is 6.61 Å². The van der Waals surface area contributed by atoms with Crippen LogP contribution < -0.4 is 11.3 Å². The number of hydrazine groups is 1. The van der Waals surface area contributed by atoms with Gasteiger partial charge in [0.2, 0.25) is 0 Å². The van der Waals surface area contributed by atoms with Gasteiger partial charge in [0.15, 0.2) is 0 Å². The molecule has 3 nitrogen and oxygen atoms in total. The molecule has 2 rings (SSSR count). The third-order valence-corrected chi connectivity index (χ3v) is 3.61. The standard InChI is InChI=1S/C14H18F4N2O/c1-2-21-13(8-3-4-8)12(20-19)9-5-6-11(15)10(7-9)14(16,17)18/h5-8,12-13,20H,2-4,19H2,1H3. The molecule has 1 aromatic carbocycles. The summed E-state index contributed by atoms with van der Waals surface area (Å²) in [5.41, 5.74) is 1.50. The van der Waals surface area contributed by atoms with Crippen LogP contribution >= 0.6 is 0 Å². The lowest BCUT2D eigenvalue weighted by Gasteiger charge is -2.27. The van der Waals surface area contributed by atoms with Crippen LogP contribution in [0.2, 0.25) is 0 Å². The Balaban J connectivity index is 2.33. The molecule has 0 spiro atoms. The van der Waals surface area contributed by atoms with Crippen LogP contribution in [0.25, 0.3) is 0 Å². The van der Waals surface area contributed by atoms with E-state index in [0.29, 0.717) is 6.61 Å².